The van der Waals surface area contributed by atoms with Crippen LogP contribution in [0.5, 0.6) is 11.5 Å². The molecule has 0 unspecified atom stereocenters. The van der Waals surface area contributed by atoms with Gasteiger partial charge in [0.15, 0.2) is 0 Å². The fourth-order valence-corrected chi connectivity index (χ4v) is 6.89. The number of imidazole rings is 1. The molecule has 0 fully saturated rings. The van der Waals surface area contributed by atoms with Crippen LogP contribution in [-0.2, 0) is 0 Å². The third-order valence-corrected chi connectivity index (χ3v) is 9.06. The van der Waals surface area contributed by atoms with Gasteiger partial charge in [0, 0.05) is 40.0 Å². The SMILES string of the molecule is CC(C)c1cccc(C(C)C)c1-n1ccnc1-c1cccc(Oc2ccc3c(c2)N(c2ccccn2)c2ccccc2S3)c1. The summed E-state index contributed by atoms with van der Waals surface area (Å²) in [5.74, 6) is 4.05. The lowest BCUT2D eigenvalue weighted by molar-refractivity contribution is 0.482. The molecule has 1 aliphatic heterocycles. The van der Waals surface area contributed by atoms with Crippen molar-refractivity contribution in [2.75, 3.05) is 4.90 Å². The van der Waals surface area contributed by atoms with Crippen molar-refractivity contribution in [1.82, 2.24) is 14.5 Å². The third-order valence-electron chi connectivity index (χ3n) is 7.93. The molecule has 7 rings (SSSR count). The average molecular weight is 595 g/mol. The lowest BCUT2D eigenvalue weighted by Crippen LogP contribution is -2.15. The van der Waals surface area contributed by atoms with Gasteiger partial charge in [0.25, 0.3) is 0 Å². The summed E-state index contributed by atoms with van der Waals surface area (Å²) in [5, 5.41) is 0. The molecule has 0 N–H and O–H groups in total. The summed E-state index contributed by atoms with van der Waals surface area (Å²) in [7, 11) is 0. The minimum atomic E-state index is 0.383. The van der Waals surface area contributed by atoms with Crippen LogP contribution in [0.25, 0.3) is 17.1 Å². The number of ether oxygens (including phenoxy) is 1. The molecule has 1 aliphatic rings. The summed E-state index contributed by atoms with van der Waals surface area (Å²) in [6, 6.07) is 35.6. The molecule has 6 heteroatoms. The number of hydrogen-bond donors (Lipinski definition) is 0. The molecule has 6 aromatic rings. The predicted molar refractivity (Wildman–Crippen MR) is 180 cm³/mol. The molecular formula is C38H34N4OS. The number of hydrogen-bond acceptors (Lipinski definition) is 5. The molecule has 2 aromatic heterocycles. The Morgan fingerprint density at radius 2 is 1.36 bits per heavy atom. The maximum absolute atomic E-state index is 6.53. The minimum absolute atomic E-state index is 0.383. The fraction of sp³-hybridized carbons (Fsp3) is 0.158. The van der Waals surface area contributed by atoms with Crippen molar-refractivity contribution in [2.45, 2.75) is 49.3 Å². The number of aromatic nitrogens is 3. The number of rotatable bonds is 7. The molecular weight excluding hydrogens is 561 g/mol. The zero-order valence-corrected chi connectivity index (χ0v) is 26.1. The van der Waals surface area contributed by atoms with E-state index < -0.39 is 0 Å². The molecule has 0 spiro atoms. The molecule has 0 atom stereocenters. The second-order valence-corrected chi connectivity index (χ2v) is 12.7. The van der Waals surface area contributed by atoms with Crippen LogP contribution in [0.2, 0.25) is 0 Å². The number of para-hydroxylation sites is 2. The van der Waals surface area contributed by atoms with E-state index in [1.54, 1.807) is 11.8 Å². The molecule has 0 saturated carbocycles. The van der Waals surface area contributed by atoms with Crippen LogP contribution in [-0.4, -0.2) is 14.5 Å². The molecule has 0 saturated heterocycles. The van der Waals surface area contributed by atoms with Gasteiger partial charge in [-0.1, -0.05) is 88.0 Å². The van der Waals surface area contributed by atoms with Gasteiger partial charge in [0.1, 0.15) is 23.1 Å². The van der Waals surface area contributed by atoms with Crippen molar-refractivity contribution in [3.8, 4) is 28.6 Å². The van der Waals surface area contributed by atoms with Crippen molar-refractivity contribution >= 4 is 29.0 Å². The third kappa shape index (κ3) is 5.16. The first kappa shape index (κ1) is 28.0. The Balaban J connectivity index is 1.25. The first-order valence-corrected chi connectivity index (χ1v) is 15.9. The zero-order valence-electron chi connectivity index (χ0n) is 25.3. The van der Waals surface area contributed by atoms with Gasteiger partial charge in [0.2, 0.25) is 0 Å². The quantitative estimate of drug-likeness (QED) is 0.184. The van der Waals surface area contributed by atoms with Crippen molar-refractivity contribution in [3.05, 3.63) is 133 Å². The number of benzene rings is 4. The van der Waals surface area contributed by atoms with E-state index in [-0.39, 0.29) is 0 Å². The van der Waals surface area contributed by atoms with Crippen LogP contribution in [0.1, 0.15) is 50.7 Å². The van der Waals surface area contributed by atoms with E-state index in [4.69, 9.17) is 9.72 Å². The van der Waals surface area contributed by atoms with Crippen LogP contribution in [0, 0.1) is 0 Å². The molecule has 4 aromatic carbocycles. The summed E-state index contributed by atoms with van der Waals surface area (Å²) in [4.78, 5) is 14.1. The van der Waals surface area contributed by atoms with E-state index in [1.807, 2.05) is 48.8 Å². The molecule has 0 radical (unpaired) electrons. The fourth-order valence-electron chi connectivity index (χ4n) is 5.85. The maximum atomic E-state index is 6.53. The van der Waals surface area contributed by atoms with Crippen molar-refractivity contribution < 1.29 is 4.74 Å². The summed E-state index contributed by atoms with van der Waals surface area (Å²) >= 11 is 1.77. The van der Waals surface area contributed by atoms with Crippen molar-refractivity contribution in [3.63, 3.8) is 0 Å². The standard InChI is InChI=1S/C38H34N4OS/c1-25(2)30-13-10-14-31(26(3)4)37(30)41-22-21-40-38(41)27-11-9-12-28(23-27)43-29-18-19-35-33(24-29)42(36-17-7-8-20-39-36)32-15-5-6-16-34(32)44-35/h5-26H,1-4H3. The molecule has 5 nitrogen and oxygen atoms in total. The van der Waals surface area contributed by atoms with E-state index in [2.05, 4.69) is 115 Å². The van der Waals surface area contributed by atoms with Gasteiger partial charge in [-0.05, 0) is 71.5 Å². The highest BCUT2D eigenvalue weighted by atomic mass is 32.2. The smallest absolute Gasteiger partial charge is 0.144 e. The summed E-state index contributed by atoms with van der Waals surface area (Å²) in [6.45, 7) is 8.99. The Morgan fingerprint density at radius 3 is 2.14 bits per heavy atom. The lowest BCUT2D eigenvalue weighted by Gasteiger charge is -2.32. The molecule has 3 heterocycles. The van der Waals surface area contributed by atoms with Gasteiger partial charge in [-0.2, -0.15) is 0 Å². The molecule has 0 aliphatic carbocycles. The number of anilines is 3. The topological polar surface area (TPSA) is 43.2 Å². The van der Waals surface area contributed by atoms with Gasteiger partial charge in [-0.25, -0.2) is 9.97 Å². The van der Waals surface area contributed by atoms with E-state index in [9.17, 15) is 0 Å². The Hall–Kier alpha value is -4.81. The Kier molecular flexibility index (Phi) is 7.44. The van der Waals surface area contributed by atoms with Crippen molar-refractivity contribution in [1.29, 1.82) is 0 Å². The number of fused-ring (bicyclic) bond motifs is 2. The number of nitrogens with zero attached hydrogens (tertiary/aromatic N) is 4. The molecule has 0 bridgehead atoms. The zero-order chi connectivity index (χ0) is 30.2. The van der Waals surface area contributed by atoms with Gasteiger partial charge in [0.05, 0.1) is 17.1 Å². The minimum Gasteiger partial charge on any atom is -0.457 e. The second kappa shape index (κ2) is 11.7. The van der Waals surface area contributed by atoms with Crippen LogP contribution in [0.4, 0.5) is 17.2 Å². The van der Waals surface area contributed by atoms with Gasteiger partial charge < -0.3 is 4.74 Å². The van der Waals surface area contributed by atoms with Crippen LogP contribution in [0.15, 0.2) is 132 Å². The average Bonchev–Trinajstić information content (AvgIpc) is 3.54. The Morgan fingerprint density at radius 1 is 0.636 bits per heavy atom. The highest BCUT2D eigenvalue weighted by Gasteiger charge is 2.26. The molecule has 44 heavy (non-hydrogen) atoms. The largest absolute Gasteiger partial charge is 0.457 e. The first-order chi connectivity index (χ1) is 21.5. The maximum Gasteiger partial charge on any atom is 0.144 e. The second-order valence-electron chi connectivity index (χ2n) is 11.6. The number of pyridine rings is 1. The predicted octanol–water partition coefficient (Wildman–Crippen LogP) is 10.9. The van der Waals surface area contributed by atoms with Crippen LogP contribution < -0.4 is 9.64 Å². The van der Waals surface area contributed by atoms with Gasteiger partial charge in [-0.15, -0.1) is 0 Å². The van der Waals surface area contributed by atoms with E-state index in [0.29, 0.717) is 11.8 Å². The van der Waals surface area contributed by atoms with Gasteiger partial charge in [-0.3, -0.25) is 9.47 Å². The molecule has 218 valence electrons. The van der Waals surface area contributed by atoms with Gasteiger partial charge >= 0.3 is 0 Å². The monoisotopic (exact) mass is 594 g/mol. The first-order valence-electron chi connectivity index (χ1n) is 15.0. The van der Waals surface area contributed by atoms with E-state index in [1.165, 1.54) is 21.7 Å². The highest BCUT2D eigenvalue weighted by Crippen LogP contribution is 2.52. The van der Waals surface area contributed by atoms with Crippen molar-refractivity contribution in [2.24, 2.45) is 0 Å². The van der Waals surface area contributed by atoms with Crippen LogP contribution >= 0.6 is 11.8 Å². The van der Waals surface area contributed by atoms with E-state index >= 15 is 0 Å². The van der Waals surface area contributed by atoms with E-state index in [0.717, 1.165) is 45.0 Å². The lowest BCUT2D eigenvalue weighted by atomic mass is 9.92. The Bertz CT molecular complexity index is 1920. The Labute approximate surface area is 263 Å². The summed E-state index contributed by atoms with van der Waals surface area (Å²) in [5.41, 5.74) is 7.00. The summed E-state index contributed by atoms with van der Waals surface area (Å²) in [6.07, 6.45) is 5.79. The summed E-state index contributed by atoms with van der Waals surface area (Å²) < 4.78 is 8.77. The molecule has 0 amide bonds. The highest BCUT2D eigenvalue weighted by molar-refractivity contribution is 7.99. The normalized spacial score (nSPS) is 12.4. The van der Waals surface area contributed by atoms with Crippen LogP contribution in [0.3, 0.4) is 0 Å².